The van der Waals surface area contributed by atoms with Crippen LogP contribution in [0.15, 0.2) is 12.3 Å². The van der Waals surface area contributed by atoms with Crippen molar-refractivity contribution in [2.24, 2.45) is 7.05 Å². The van der Waals surface area contributed by atoms with E-state index < -0.39 is 5.60 Å². The first kappa shape index (κ1) is 20.6. The Bertz CT molecular complexity index is 1190. The fourth-order valence-corrected chi connectivity index (χ4v) is 5.31. The molecule has 2 atom stereocenters. The van der Waals surface area contributed by atoms with E-state index in [-0.39, 0.29) is 23.5 Å². The first-order valence-corrected chi connectivity index (χ1v) is 11.1. The Morgan fingerprint density at radius 3 is 2.48 bits per heavy atom. The topological polar surface area (TPSA) is 76.4 Å². The molecule has 8 nitrogen and oxygen atoms in total. The Balaban J connectivity index is 1.56. The molecule has 0 spiro atoms. The highest BCUT2D eigenvalue weighted by atomic mass is 35.5. The number of pyridine rings is 1. The van der Waals surface area contributed by atoms with E-state index in [2.05, 4.69) is 19.9 Å². The molecular formula is C21H24Cl2N6O2. The number of amides is 1. The highest BCUT2D eigenvalue weighted by Gasteiger charge is 2.45. The zero-order valence-corrected chi connectivity index (χ0v) is 19.4. The number of anilines is 1. The second kappa shape index (κ2) is 7.10. The molecule has 0 radical (unpaired) electrons. The number of carbonyl (C=O) groups is 1. The Hall–Kier alpha value is -2.32. The molecule has 31 heavy (non-hydrogen) atoms. The summed E-state index contributed by atoms with van der Waals surface area (Å²) in [4.78, 5) is 30.2. The number of ether oxygens (including phenoxy) is 1. The molecule has 0 saturated carbocycles. The summed E-state index contributed by atoms with van der Waals surface area (Å²) in [6, 6.07) is 2.06. The van der Waals surface area contributed by atoms with Crippen LogP contribution in [0.3, 0.4) is 0 Å². The smallest absolute Gasteiger partial charge is 0.410 e. The van der Waals surface area contributed by atoms with Crippen molar-refractivity contribution in [1.29, 1.82) is 0 Å². The van der Waals surface area contributed by atoms with Crippen LogP contribution < -0.4 is 4.90 Å². The molecule has 5 rings (SSSR count). The lowest BCUT2D eigenvalue weighted by atomic mass is 10.1. The third-order valence-corrected chi connectivity index (χ3v) is 6.48. The van der Waals surface area contributed by atoms with E-state index in [9.17, 15) is 4.79 Å². The van der Waals surface area contributed by atoms with Gasteiger partial charge in [0, 0.05) is 31.7 Å². The van der Waals surface area contributed by atoms with Gasteiger partial charge in [-0.15, -0.1) is 0 Å². The van der Waals surface area contributed by atoms with Crippen LogP contribution in [0.4, 0.5) is 10.6 Å². The van der Waals surface area contributed by atoms with Gasteiger partial charge in [0.25, 0.3) is 0 Å². The maximum absolute atomic E-state index is 12.8. The summed E-state index contributed by atoms with van der Waals surface area (Å²) >= 11 is 12.7. The number of hydrogen-bond acceptors (Lipinski definition) is 6. The lowest BCUT2D eigenvalue weighted by Gasteiger charge is -2.42. The van der Waals surface area contributed by atoms with Gasteiger partial charge in [-0.3, -0.25) is 4.90 Å². The normalized spacial score (nSPS) is 21.4. The van der Waals surface area contributed by atoms with Crippen molar-refractivity contribution in [3.63, 3.8) is 0 Å². The Morgan fingerprint density at radius 1 is 1.16 bits per heavy atom. The molecule has 1 amide bonds. The van der Waals surface area contributed by atoms with E-state index in [0.717, 1.165) is 34.9 Å². The predicted octanol–water partition coefficient (Wildman–Crippen LogP) is 4.41. The second-order valence-electron chi connectivity index (χ2n) is 9.25. The number of aryl methyl sites for hydroxylation is 1. The Morgan fingerprint density at radius 2 is 1.84 bits per heavy atom. The number of piperazine rings is 1. The van der Waals surface area contributed by atoms with Gasteiger partial charge in [-0.05, 0) is 51.3 Å². The maximum atomic E-state index is 12.8. The maximum Gasteiger partial charge on any atom is 0.410 e. The summed E-state index contributed by atoms with van der Waals surface area (Å²) < 4.78 is 7.56. The average molecular weight is 463 g/mol. The van der Waals surface area contributed by atoms with Crippen molar-refractivity contribution >= 4 is 57.0 Å². The van der Waals surface area contributed by atoms with E-state index in [4.69, 9.17) is 27.9 Å². The molecule has 2 aliphatic heterocycles. The Kier molecular flexibility index (Phi) is 4.71. The molecule has 2 aliphatic rings. The number of halogens is 2. The zero-order chi connectivity index (χ0) is 22.1. The quantitative estimate of drug-likeness (QED) is 0.393. The van der Waals surface area contributed by atoms with Gasteiger partial charge >= 0.3 is 6.09 Å². The lowest BCUT2D eigenvalue weighted by Crippen LogP contribution is -2.57. The molecule has 10 heteroatoms. The molecule has 2 fully saturated rings. The van der Waals surface area contributed by atoms with Crippen molar-refractivity contribution in [2.75, 3.05) is 18.0 Å². The standard InChI is InChI=1S/C21H24Cl2N6O2/c1-21(2,3)31-20(30)29-11-5-6-12(29)10-28(9-11)18-14-13-7-8-24-16(22)15(13)27(4)17(14)25-19(23)26-18/h7-8,11-12H,5-6,9-10H2,1-4H3/t11-,12+. The number of rotatable bonds is 1. The minimum absolute atomic E-state index is 0.0672. The van der Waals surface area contributed by atoms with Crippen LogP contribution in [-0.2, 0) is 11.8 Å². The minimum Gasteiger partial charge on any atom is -0.444 e. The third-order valence-electron chi connectivity index (χ3n) is 6.03. The molecule has 2 bridgehead atoms. The number of fused-ring (bicyclic) bond motifs is 5. The van der Waals surface area contributed by atoms with E-state index in [1.165, 1.54) is 0 Å². The first-order valence-electron chi connectivity index (χ1n) is 10.4. The van der Waals surface area contributed by atoms with E-state index in [0.29, 0.717) is 23.9 Å². The largest absolute Gasteiger partial charge is 0.444 e. The highest BCUT2D eigenvalue weighted by Crippen LogP contribution is 2.39. The van der Waals surface area contributed by atoms with Gasteiger partial charge in [-0.1, -0.05) is 11.6 Å². The van der Waals surface area contributed by atoms with Crippen LogP contribution >= 0.6 is 23.2 Å². The highest BCUT2D eigenvalue weighted by molar-refractivity contribution is 6.35. The van der Waals surface area contributed by atoms with E-state index in [1.807, 2.05) is 43.4 Å². The van der Waals surface area contributed by atoms with Gasteiger partial charge in [-0.2, -0.15) is 9.97 Å². The van der Waals surface area contributed by atoms with Gasteiger partial charge in [0.2, 0.25) is 5.28 Å². The van der Waals surface area contributed by atoms with Crippen LogP contribution in [-0.4, -0.2) is 61.3 Å². The van der Waals surface area contributed by atoms with Gasteiger partial charge in [-0.25, -0.2) is 9.78 Å². The zero-order valence-electron chi connectivity index (χ0n) is 17.9. The molecule has 0 aliphatic carbocycles. The molecule has 5 heterocycles. The number of nitrogens with zero attached hydrogens (tertiary/aromatic N) is 6. The van der Waals surface area contributed by atoms with Crippen LogP contribution in [0.2, 0.25) is 10.4 Å². The average Bonchev–Trinajstić information content (AvgIpc) is 3.11. The van der Waals surface area contributed by atoms with Gasteiger partial charge in [0.05, 0.1) is 23.0 Å². The van der Waals surface area contributed by atoms with Crippen molar-refractivity contribution in [1.82, 2.24) is 24.4 Å². The SMILES string of the molecule is Cn1c2nc(Cl)nc(N3C[C@H]4CC[C@@H](C3)N4C(=O)OC(C)(C)C)c2c2ccnc(Cl)c21. The van der Waals surface area contributed by atoms with Crippen molar-refractivity contribution in [3.8, 4) is 0 Å². The van der Waals surface area contributed by atoms with Gasteiger partial charge in [0.15, 0.2) is 5.15 Å². The molecule has 3 aromatic rings. The number of carbonyl (C=O) groups excluding carboxylic acids is 1. The summed E-state index contributed by atoms with van der Waals surface area (Å²) in [7, 11) is 1.90. The minimum atomic E-state index is -0.518. The monoisotopic (exact) mass is 462 g/mol. The predicted molar refractivity (Wildman–Crippen MR) is 121 cm³/mol. The first-order chi connectivity index (χ1) is 14.6. The third kappa shape index (κ3) is 3.36. The summed E-state index contributed by atoms with van der Waals surface area (Å²) in [5.41, 5.74) is 0.991. The molecule has 164 valence electrons. The molecule has 3 aromatic heterocycles. The Labute approximate surface area is 190 Å². The fraction of sp³-hybridized carbons (Fsp3) is 0.524. The van der Waals surface area contributed by atoms with Crippen molar-refractivity contribution in [2.45, 2.75) is 51.3 Å². The number of hydrogen-bond donors (Lipinski definition) is 0. The van der Waals surface area contributed by atoms with Crippen LogP contribution in [0.5, 0.6) is 0 Å². The molecule has 0 aromatic carbocycles. The second-order valence-corrected chi connectivity index (χ2v) is 9.95. The molecule has 0 N–H and O–H groups in total. The lowest BCUT2D eigenvalue weighted by molar-refractivity contribution is 0.0123. The molecular weight excluding hydrogens is 439 g/mol. The van der Waals surface area contributed by atoms with Crippen molar-refractivity contribution in [3.05, 3.63) is 22.7 Å². The van der Waals surface area contributed by atoms with Crippen LogP contribution in [0, 0.1) is 0 Å². The fourth-order valence-electron chi connectivity index (χ4n) is 4.87. The van der Waals surface area contributed by atoms with Gasteiger partial charge < -0.3 is 14.2 Å². The van der Waals surface area contributed by atoms with Crippen LogP contribution in [0.1, 0.15) is 33.6 Å². The van der Waals surface area contributed by atoms with E-state index >= 15 is 0 Å². The van der Waals surface area contributed by atoms with Crippen molar-refractivity contribution < 1.29 is 9.53 Å². The molecule has 0 unspecified atom stereocenters. The number of aromatic nitrogens is 4. The summed E-state index contributed by atoms with van der Waals surface area (Å²) in [5, 5.41) is 2.43. The summed E-state index contributed by atoms with van der Waals surface area (Å²) in [6.45, 7) is 7.00. The van der Waals surface area contributed by atoms with Crippen LogP contribution in [0.25, 0.3) is 21.9 Å². The summed E-state index contributed by atoms with van der Waals surface area (Å²) in [6.07, 6.45) is 3.32. The van der Waals surface area contributed by atoms with E-state index in [1.54, 1.807) is 6.20 Å². The van der Waals surface area contributed by atoms with Gasteiger partial charge in [0.1, 0.15) is 17.1 Å². The summed E-state index contributed by atoms with van der Waals surface area (Å²) in [5.74, 6) is 0.767. The molecule has 2 saturated heterocycles.